The lowest BCUT2D eigenvalue weighted by molar-refractivity contribution is 0.0947. The molecule has 3 heterocycles. The van der Waals surface area contributed by atoms with Crippen LogP contribution in [0, 0.1) is 6.92 Å². The van der Waals surface area contributed by atoms with Crippen molar-refractivity contribution >= 4 is 17.0 Å². The van der Waals surface area contributed by atoms with E-state index in [0.29, 0.717) is 23.9 Å². The van der Waals surface area contributed by atoms with Crippen molar-refractivity contribution < 1.29 is 9.21 Å². The summed E-state index contributed by atoms with van der Waals surface area (Å²) in [5.41, 5.74) is 0.254. The van der Waals surface area contributed by atoms with E-state index in [1.807, 2.05) is 0 Å². The average molecular weight is 360 g/mol. The lowest BCUT2D eigenvalue weighted by Gasteiger charge is -2.35. The number of fused-ring (bicyclic) bond motifs is 1. The van der Waals surface area contributed by atoms with Crippen molar-refractivity contribution in [2.75, 3.05) is 19.6 Å². The average Bonchev–Trinajstić information content (AvgIpc) is 2.99. The van der Waals surface area contributed by atoms with E-state index in [4.69, 9.17) is 4.42 Å². The third kappa shape index (κ3) is 3.67. The van der Waals surface area contributed by atoms with Gasteiger partial charge >= 0.3 is 0 Å². The maximum Gasteiger partial charge on any atom is 0.265 e. The van der Waals surface area contributed by atoms with Gasteiger partial charge in [-0.2, -0.15) is 0 Å². The molecule has 0 saturated carbocycles. The van der Waals surface area contributed by atoms with Gasteiger partial charge in [0.05, 0.1) is 5.56 Å². The number of nitrogens with zero attached hydrogens (tertiary/aromatic N) is 3. The standard InChI is InChI=1S/C19H28N4O3/c1-4-14-8-5-6-10-23(14)11-7-9-20-17(24)15-13(2)26-18-16(15)19(25)22(3)12-21-18/h12,14H,4-11H2,1-3H3,(H,20,24)/t14-/m0/s1. The molecule has 0 unspecified atom stereocenters. The van der Waals surface area contributed by atoms with Crippen LogP contribution in [0.15, 0.2) is 15.5 Å². The molecule has 7 heteroatoms. The van der Waals surface area contributed by atoms with Crippen molar-refractivity contribution in [2.45, 2.75) is 52.0 Å². The molecule has 1 aliphatic rings. The van der Waals surface area contributed by atoms with Crippen molar-refractivity contribution in [3.05, 3.63) is 28.0 Å². The van der Waals surface area contributed by atoms with Gasteiger partial charge in [0.1, 0.15) is 17.5 Å². The predicted molar refractivity (Wildman–Crippen MR) is 100 cm³/mol. The number of amides is 1. The summed E-state index contributed by atoms with van der Waals surface area (Å²) in [4.78, 5) is 31.6. The maximum atomic E-state index is 12.6. The lowest BCUT2D eigenvalue weighted by atomic mass is 10.00. The minimum Gasteiger partial charge on any atom is -0.442 e. The van der Waals surface area contributed by atoms with Gasteiger partial charge in [0.25, 0.3) is 11.5 Å². The highest BCUT2D eigenvalue weighted by Crippen LogP contribution is 2.21. The van der Waals surface area contributed by atoms with Gasteiger partial charge in [-0.1, -0.05) is 13.3 Å². The maximum absolute atomic E-state index is 12.6. The monoisotopic (exact) mass is 360 g/mol. The van der Waals surface area contributed by atoms with Crippen LogP contribution in [0.4, 0.5) is 0 Å². The van der Waals surface area contributed by atoms with Gasteiger partial charge in [-0.25, -0.2) is 4.98 Å². The topological polar surface area (TPSA) is 80.4 Å². The largest absolute Gasteiger partial charge is 0.442 e. The van der Waals surface area contributed by atoms with Crippen molar-refractivity contribution in [1.82, 2.24) is 19.8 Å². The highest BCUT2D eigenvalue weighted by Gasteiger charge is 2.23. The van der Waals surface area contributed by atoms with Crippen molar-refractivity contribution in [3.63, 3.8) is 0 Å². The summed E-state index contributed by atoms with van der Waals surface area (Å²) >= 11 is 0. The Kier molecular flexibility index (Phi) is 5.76. The zero-order valence-electron chi connectivity index (χ0n) is 15.9. The summed E-state index contributed by atoms with van der Waals surface area (Å²) in [5, 5.41) is 3.19. The van der Waals surface area contributed by atoms with Crippen molar-refractivity contribution in [2.24, 2.45) is 7.05 Å². The van der Waals surface area contributed by atoms with E-state index in [1.165, 1.54) is 36.6 Å². The van der Waals surface area contributed by atoms with E-state index in [0.717, 1.165) is 19.5 Å². The van der Waals surface area contributed by atoms with E-state index in [1.54, 1.807) is 14.0 Å². The third-order valence-electron chi connectivity index (χ3n) is 5.30. The Morgan fingerprint density at radius 2 is 2.23 bits per heavy atom. The molecular formula is C19H28N4O3. The highest BCUT2D eigenvalue weighted by atomic mass is 16.3. The fourth-order valence-electron chi connectivity index (χ4n) is 3.85. The SMILES string of the molecule is CC[C@H]1CCCCN1CCCNC(=O)c1c(C)oc2ncn(C)c(=O)c12. The second-order valence-electron chi connectivity index (χ2n) is 7.08. The summed E-state index contributed by atoms with van der Waals surface area (Å²) in [6.07, 6.45) is 7.34. The Bertz CT molecular complexity index is 839. The molecule has 1 N–H and O–H groups in total. The fourth-order valence-corrected chi connectivity index (χ4v) is 3.85. The van der Waals surface area contributed by atoms with Crippen LogP contribution in [0.5, 0.6) is 0 Å². The van der Waals surface area contributed by atoms with Crippen LogP contribution < -0.4 is 10.9 Å². The Balaban J connectivity index is 1.62. The molecule has 142 valence electrons. The molecule has 0 spiro atoms. The number of likely N-dealkylation sites (tertiary alicyclic amines) is 1. The molecule has 1 saturated heterocycles. The Hall–Kier alpha value is -2.15. The molecular weight excluding hydrogens is 332 g/mol. The van der Waals surface area contributed by atoms with Crippen molar-refractivity contribution in [1.29, 1.82) is 0 Å². The molecule has 2 aromatic rings. The smallest absolute Gasteiger partial charge is 0.265 e. The van der Waals surface area contributed by atoms with Crippen LogP contribution in [-0.4, -0.2) is 46.0 Å². The van der Waals surface area contributed by atoms with Crippen LogP contribution >= 0.6 is 0 Å². The van der Waals surface area contributed by atoms with Crippen LogP contribution in [-0.2, 0) is 7.05 Å². The van der Waals surface area contributed by atoms with Gasteiger partial charge in [0, 0.05) is 26.2 Å². The number of piperidine rings is 1. The number of carbonyl (C=O) groups excluding carboxylic acids is 1. The number of furan rings is 1. The predicted octanol–water partition coefficient (Wildman–Crippen LogP) is 2.22. The molecule has 3 rings (SSSR count). The summed E-state index contributed by atoms with van der Waals surface area (Å²) in [6, 6.07) is 0.675. The van der Waals surface area contributed by atoms with Gasteiger partial charge in [-0.05, 0) is 39.2 Å². The van der Waals surface area contributed by atoms with Crippen LogP contribution in [0.2, 0.25) is 0 Å². The minimum absolute atomic E-state index is 0.217. The van der Waals surface area contributed by atoms with Gasteiger partial charge in [0.2, 0.25) is 5.71 Å². The Morgan fingerprint density at radius 1 is 1.42 bits per heavy atom. The van der Waals surface area contributed by atoms with E-state index >= 15 is 0 Å². The number of carbonyl (C=O) groups is 1. The molecule has 0 aromatic carbocycles. The zero-order valence-corrected chi connectivity index (χ0v) is 15.9. The number of nitrogens with one attached hydrogen (secondary N) is 1. The van der Waals surface area contributed by atoms with Crippen LogP contribution in [0.1, 0.15) is 55.1 Å². The first-order valence-electron chi connectivity index (χ1n) is 9.50. The van der Waals surface area contributed by atoms with Crippen LogP contribution in [0.3, 0.4) is 0 Å². The van der Waals surface area contributed by atoms with Gasteiger partial charge < -0.3 is 19.2 Å². The number of aromatic nitrogens is 2. The zero-order chi connectivity index (χ0) is 18.7. The molecule has 1 atom stereocenters. The second kappa shape index (κ2) is 8.03. The number of hydrogen-bond donors (Lipinski definition) is 1. The highest BCUT2D eigenvalue weighted by molar-refractivity contribution is 6.06. The summed E-state index contributed by atoms with van der Waals surface area (Å²) < 4.78 is 6.85. The number of rotatable bonds is 6. The van der Waals surface area contributed by atoms with E-state index in [-0.39, 0.29) is 22.6 Å². The molecule has 1 aliphatic heterocycles. The first-order chi connectivity index (χ1) is 12.5. The van der Waals surface area contributed by atoms with Gasteiger partial charge in [-0.3, -0.25) is 9.59 Å². The molecule has 0 radical (unpaired) electrons. The van der Waals surface area contributed by atoms with E-state index in [2.05, 4.69) is 22.1 Å². The molecule has 7 nitrogen and oxygen atoms in total. The van der Waals surface area contributed by atoms with E-state index in [9.17, 15) is 9.59 Å². The molecule has 1 fully saturated rings. The normalized spacial score (nSPS) is 18.3. The first-order valence-corrected chi connectivity index (χ1v) is 9.50. The van der Waals surface area contributed by atoms with Crippen LogP contribution in [0.25, 0.3) is 11.1 Å². The second-order valence-corrected chi connectivity index (χ2v) is 7.08. The molecule has 2 aromatic heterocycles. The quantitative estimate of drug-likeness (QED) is 0.799. The molecule has 1 amide bonds. The molecule has 26 heavy (non-hydrogen) atoms. The Labute approximate surface area is 153 Å². The first kappa shape index (κ1) is 18.6. The fraction of sp³-hybridized carbons (Fsp3) is 0.632. The summed E-state index contributed by atoms with van der Waals surface area (Å²) in [5.74, 6) is 0.160. The van der Waals surface area contributed by atoms with Gasteiger partial charge in [-0.15, -0.1) is 0 Å². The molecule has 0 aliphatic carbocycles. The number of aryl methyl sites for hydroxylation is 2. The Morgan fingerprint density at radius 3 is 3.00 bits per heavy atom. The lowest BCUT2D eigenvalue weighted by Crippen LogP contribution is -2.40. The summed E-state index contributed by atoms with van der Waals surface area (Å²) in [7, 11) is 1.61. The van der Waals surface area contributed by atoms with Crippen molar-refractivity contribution in [3.8, 4) is 0 Å². The number of hydrogen-bond acceptors (Lipinski definition) is 5. The van der Waals surface area contributed by atoms with Gasteiger partial charge in [0.15, 0.2) is 0 Å². The summed E-state index contributed by atoms with van der Waals surface area (Å²) in [6.45, 7) is 6.66. The molecule has 0 bridgehead atoms. The van der Waals surface area contributed by atoms with E-state index < -0.39 is 0 Å². The minimum atomic E-state index is -0.267. The third-order valence-corrected chi connectivity index (χ3v) is 5.30.